The number of aromatic nitrogens is 10. The van der Waals surface area contributed by atoms with E-state index in [0.717, 1.165) is 10.9 Å². The van der Waals surface area contributed by atoms with Gasteiger partial charge in [0.25, 0.3) is 17.1 Å². The lowest BCUT2D eigenvalue weighted by molar-refractivity contribution is -0.745. The van der Waals surface area contributed by atoms with Crippen LogP contribution in [0.3, 0.4) is 0 Å². The molecular weight excluding hydrogens is 1200 g/mol. The lowest BCUT2D eigenvalue weighted by atomic mass is 9.94. The fraction of sp³-hybridized carbons (Fsp3) is 0.564. The van der Waals surface area contributed by atoms with Crippen LogP contribution in [0.1, 0.15) is 43.6 Å². The molecule has 0 saturated carbocycles. The number of phosphoric acid groups is 3. The molecule has 43 heteroatoms. The number of ether oxygens (including phenoxy) is 4. The normalized spacial score (nSPS) is 29.6. The second-order valence-corrected chi connectivity index (χ2v) is 26.3. The number of phosphoric ester groups is 2. The van der Waals surface area contributed by atoms with Crippen molar-refractivity contribution < 1.29 is 104 Å². The van der Waals surface area contributed by atoms with E-state index in [0.29, 0.717) is 12.8 Å². The highest BCUT2D eigenvalue weighted by atomic mass is 32.5. The van der Waals surface area contributed by atoms with Crippen molar-refractivity contribution in [3.05, 3.63) is 51.5 Å². The van der Waals surface area contributed by atoms with E-state index >= 15 is 0 Å². The van der Waals surface area contributed by atoms with Gasteiger partial charge in [0.15, 0.2) is 35.8 Å². The van der Waals surface area contributed by atoms with Crippen molar-refractivity contribution in [1.29, 1.82) is 0 Å². The zero-order chi connectivity index (χ0) is 59.5. The minimum absolute atomic E-state index is 0.00190. The summed E-state index contributed by atoms with van der Waals surface area (Å²) in [5, 5.41) is 33.5. The second-order valence-electron chi connectivity index (χ2n) is 18.9. The first-order chi connectivity index (χ1) is 38.5. The van der Waals surface area contributed by atoms with Crippen molar-refractivity contribution in [2.24, 2.45) is 23.7 Å². The van der Waals surface area contributed by atoms with Gasteiger partial charge in [-0.25, -0.2) is 33.2 Å². The Morgan fingerprint density at radius 2 is 1.45 bits per heavy atom. The minimum Gasteiger partial charge on any atom is -0.397 e. The Labute approximate surface area is 465 Å². The molecule has 5 aromatic rings. The average Bonchev–Trinajstić information content (AvgIpc) is 2.65. The van der Waals surface area contributed by atoms with Gasteiger partial charge in [0, 0.05) is 39.8 Å². The second kappa shape index (κ2) is 23.7. The van der Waals surface area contributed by atoms with Crippen LogP contribution in [-0.2, 0) is 83.0 Å². The molecule has 0 aromatic carbocycles. The number of allylic oxidation sites excluding steroid dienone is 1. The smallest absolute Gasteiger partial charge is 0.397 e. The molecule has 1 amide bonds. The van der Waals surface area contributed by atoms with Crippen LogP contribution in [0.4, 0.5) is 17.7 Å². The number of nitrogens with two attached hydrogens (primary N) is 3. The number of aliphatic imine (C=N–C) groups is 1. The monoisotopic (exact) mass is 1260 g/mol. The van der Waals surface area contributed by atoms with E-state index in [1.54, 1.807) is 12.3 Å². The number of nitrogen functional groups attached to an aromatic ring is 2. The number of aryl methyl sites for hydroxylation is 1. The molecule has 15 N–H and O–H groups in total. The Hall–Kier alpha value is -5.15. The van der Waals surface area contributed by atoms with E-state index in [-0.39, 0.29) is 51.4 Å². The molecule has 82 heavy (non-hydrogen) atoms. The van der Waals surface area contributed by atoms with E-state index in [4.69, 9.17) is 66.1 Å². The Balaban J connectivity index is 0.890. The van der Waals surface area contributed by atoms with Crippen molar-refractivity contribution in [2.75, 3.05) is 52.5 Å². The summed E-state index contributed by atoms with van der Waals surface area (Å²) in [6.45, 7) is -7.61. The molecule has 0 aliphatic carbocycles. The number of aliphatic hydroxyl groups excluding tert-OH is 3. The van der Waals surface area contributed by atoms with E-state index < -0.39 is 147 Å². The Morgan fingerprint density at radius 3 is 2.13 bits per heavy atom. The van der Waals surface area contributed by atoms with Gasteiger partial charge in [0.1, 0.15) is 48.4 Å². The van der Waals surface area contributed by atoms with E-state index in [1.165, 1.54) is 59.5 Å². The van der Waals surface area contributed by atoms with Gasteiger partial charge < -0.3 is 80.5 Å². The number of imidazole rings is 3. The molecule has 9 rings (SSSR count). The number of hydrogen-bond donors (Lipinski definition) is 12. The zero-order valence-electron chi connectivity index (χ0n) is 43.1. The van der Waals surface area contributed by atoms with Gasteiger partial charge in [-0.15, -0.1) is 0 Å². The van der Waals surface area contributed by atoms with Gasteiger partial charge in [-0.3, -0.25) is 51.6 Å². The predicted molar refractivity (Wildman–Crippen MR) is 279 cm³/mol. The van der Waals surface area contributed by atoms with Gasteiger partial charge in [0.05, 0.1) is 51.3 Å². The van der Waals surface area contributed by atoms with Gasteiger partial charge in [-0.2, -0.15) is 13.6 Å². The molecule has 450 valence electrons. The van der Waals surface area contributed by atoms with Crippen molar-refractivity contribution >= 4 is 99.9 Å². The minimum atomic E-state index is -6.21. The number of carbonyl (C=O) groups excluding carboxylic acids is 1. The number of amides is 1. The number of carbonyl (C=O) groups is 1. The largest absolute Gasteiger partial charge is 0.490 e. The number of anilines is 2. The highest BCUT2D eigenvalue weighted by Crippen LogP contribution is 2.68. The van der Waals surface area contributed by atoms with Crippen LogP contribution >= 0.6 is 30.2 Å². The van der Waals surface area contributed by atoms with Crippen LogP contribution in [0.5, 0.6) is 0 Å². The zero-order valence-corrected chi connectivity index (χ0v) is 47.5. The number of aliphatic hydroxyl groups is 3. The molecule has 0 radical (unpaired) electrons. The summed E-state index contributed by atoms with van der Waals surface area (Å²) in [4.78, 5) is 108. The van der Waals surface area contributed by atoms with E-state index in [1.807, 2.05) is 0 Å². The molecule has 9 heterocycles. The predicted octanol–water partition coefficient (Wildman–Crippen LogP) is -2.59. The molecule has 16 atom stereocenters. The molecule has 3 fully saturated rings. The topological polar surface area (TPSA) is 532 Å². The Kier molecular flexibility index (Phi) is 17.8. The van der Waals surface area contributed by atoms with Crippen molar-refractivity contribution in [2.45, 2.75) is 86.8 Å². The summed E-state index contributed by atoms with van der Waals surface area (Å²) in [7, 11) is -12.5. The summed E-state index contributed by atoms with van der Waals surface area (Å²) >= 11 is 5.35. The lowest BCUT2D eigenvalue weighted by Crippen LogP contribution is -2.45. The van der Waals surface area contributed by atoms with Crippen LogP contribution in [0, 0.1) is 5.92 Å². The van der Waals surface area contributed by atoms with Gasteiger partial charge in [0.2, 0.25) is 23.6 Å². The third-order valence-electron chi connectivity index (χ3n) is 13.2. The Morgan fingerprint density at radius 1 is 0.817 bits per heavy atom. The maximum atomic E-state index is 13.5. The molecule has 0 spiro atoms. The van der Waals surface area contributed by atoms with Crippen LogP contribution in [0.25, 0.3) is 28.0 Å². The maximum Gasteiger partial charge on any atom is 0.490 e. The maximum absolute atomic E-state index is 13.5. The SMILES string of the molecule is CO[C@@H]1[C@H](OP(O)(=S)OC[C@H]2O[C@@H](n3cnc4c(=O)[nH]c(N)nc43)[C@H](O)[C@@H]2O)[C@@H](COP(=O)(O)OP(=O)(O)OP(=O)(O)OC[C@H]2O[C@@H]([n+]3cn(C)c4c(=O)[nH]c(N)nc43)[C@H](O)C2CC(=O)N(C)C)O[C@H]1n1cnc2c1N=CCCC=C2N. The molecule has 5 aromatic heterocycles. The summed E-state index contributed by atoms with van der Waals surface area (Å²) in [5.41, 5.74) is 16.5. The number of aromatic amines is 2. The van der Waals surface area contributed by atoms with Gasteiger partial charge in [-0.1, -0.05) is 11.1 Å². The number of rotatable bonds is 21. The number of hydrogen-bond acceptors (Lipinski definition) is 28. The number of nitrogens with one attached hydrogen (secondary N) is 2. The molecule has 5 unspecified atom stereocenters. The Bertz CT molecular complexity index is 3630. The highest BCUT2D eigenvalue weighted by molar-refractivity contribution is 8.07. The third-order valence-corrected chi connectivity index (χ3v) is 19.0. The van der Waals surface area contributed by atoms with Gasteiger partial charge in [-0.05, 0) is 24.6 Å². The first-order valence-electron chi connectivity index (χ1n) is 24.1. The van der Waals surface area contributed by atoms with Crippen LogP contribution < -0.4 is 32.9 Å². The quantitative estimate of drug-likeness (QED) is 0.0265. The van der Waals surface area contributed by atoms with Gasteiger partial charge >= 0.3 is 35.8 Å². The van der Waals surface area contributed by atoms with E-state index in [2.05, 4.69) is 43.5 Å². The summed E-state index contributed by atoms with van der Waals surface area (Å²) in [5.74, 6) is -2.21. The fourth-order valence-corrected chi connectivity index (χ4v) is 14.4. The first kappa shape index (κ1) is 61.4. The van der Waals surface area contributed by atoms with Crippen molar-refractivity contribution in [3.8, 4) is 0 Å². The summed E-state index contributed by atoms with van der Waals surface area (Å²) < 4.78 is 99.0. The third kappa shape index (κ3) is 12.9. The van der Waals surface area contributed by atoms with Crippen LogP contribution in [0.15, 0.2) is 39.6 Å². The van der Waals surface area contributed by atoms with E-state index in [9.17, 15) is 63.0 Å². The lowest BCUT2D eigenvalue weighted by Gasteiger charge is -2.28. The highest BCUT2D eigenvalue weighted by Gasteiger charge is 2.54. The summed E-state index contributed by atoms with van der Waals surface area (Å²) in [6, 6.07) is 0. The molecule has 4 aliphatic heterocycles. The number of methoxy groups -OCH3 is 1. The molecular formula is C39H56N15O23P4S+. The fourth-order valence-electron chi connectivity index (χ4n) is 9.39. The number of nitrogens with zero attached hydrogens (tertiary/aromatic N) is 10. The molecule has 4 aliphatic rings. The van der Waals surface area contributed by atoms with Crippen LogP contribution in [0.2, 0.25) is 0 Å². The molecule has 38 nitrogen and oxygen atoms in total. The average molecular weight is 1260 g/mol. The summed E-state index contributed by atoms with van der Waals surface area (Å²) in [6.07, 6.45) is -9.49. The number of H-pyrrole nitrogens is 2. The van der Waals surface area contributed by atoms with Crippen molar-refractivity contribution in [3.63, 3.8) is 0 Å². The number of fused-ring (bicyclic) bond motifs is 3. The van der Waals surface area contributed by atoms with Crippen LogP contribution in [-0.4, -0.2) is 185 Å². The van der Waals surface area contributed by atoms with Crippen molar-refractivity contribution in [1.82, 2.24) is 48.5 Å². The molecule has 3 saturated heterocycles. The standard InChI is InChI=1S/C39H55N15O23P4S/c1-50(2)21(55)9-16-18(72-35(25(16)56)54-15-51(3)24-32(54)47-39(42)49-34(24)60)10-69-78(61,62)76-80(65,66)77-79(63,64)70-12-20-28(29(68-4)37(74-20)52-13-44-22-17(40)7-5-6-8-43-30(22)52)75-81(67,82)71-11-19-26(57)27(58)36(73-19)53-14-45-23-31(53)46-38(41)48-33(23)59/h7-8,13-16,18-20,25-29,35-37,56-58H,5-6,9-12,40H2,1-4H3,(H9-,41,42,46,47,48,49,59,60,61,62,63,64,65,66,67,82)/p+1/t16?,18-,19-,20-,25-,26-,27-,28-,29-,35-,36-,37-,81?/m1/s1. The molecule has 0 bridgehead atoms. The first-order valence-corrected chi connectivity index (χ1v) is 31.2.